The van der Waals surface area contributed by atoms with Crippen LogP contribution < -0.4 is 5.32 Å². The van der Waals surface area contributed by atoms with Gasteiger partial charge < -0.3 is 5.32 Å². The zero-order valence-corrected chi connectivity index (χ0v) is 18.2. The molecule has 0 atom stereocenters. The van der Waals surface area contributed by atoms with Crippen molar-refractivity contribution in [2.45, 2.75) is 44.6 Å². The fraction of sp³-hybridized carbons (Fsp3) is 0.269. The van der Waals surface area contributed by atoms with Gasteiger partial charge in [-0.1, -0.05) is 49.6 Å². The molecule has 7 heteroatoms. The second-order valence-corrected chi connectivity index (χ2v) is 8.33. The lowest BCUT2D eigenvalue weighted by atomic mass is 9.96. The van der Waals surface area contributed by atoms with Crippen LogP contribution in [0.5, 0.6) is 0 Å². The van der Waals surface area contributed by atoms with E-state index >= 15 is 0 Å². The number of hydrogen-bond donors (Lipinski definition) is 1. The molecule has 2 aromatic carbocycles. The van der Waals surface area contributed by atoms with Gasteiger partial charge in [0.2, 0.25) is 5.95 Å². The molecule has 164 valence electrons. The predicted molar refractivity (Wildman–Crippen MR) is 127 cm³/mol. The van der Waals surface area contributed by atoms with Gasteiger partial charge in [-0.05, 0) is 35.7 Å². The number of nitrogens with one attached hydrogen (secondary N) is 1. The van der Waals surface area contributed by atoms with Crippen molar-refractivity contribution in [3.63, 3.8) is 0 Å². The molecule has 0 radical (unpaired) electrons. The van der Waals surface area contributed by atoms with Crippen LogP contribution >= 0.6 is 0 Å². The Kier molecular flexibility index (Phi) is 5.81. The lowest BCUT2D eigenvalue weighted by Crippen LogP contribution is -2.23. The van der Waals surface area contributed by atoms with E-state index in [-0.39, 0.29) is 6.42 Å². The lowest BCUT2D eigenvalue weighted by Gasteiger charge is -2.23. The zero-order valence-electron chi connectivity index (χ0n) is 18.2. The van der Waals surface area contributed by atoms with E-state index in [0.29, 0.717) is 40.5 Å². The van der Waals surface area contributed by atoms with E-state index in [4.69, 9.17) is 4.98 Å². The summed E-state index contributed by atoms with van der Waals surface area (Å²) in [6.07, 6.45) is 10.4. The monoisotopic (exact) mass is 436 g/mol. The Hall–Kier alpha value is -4.05. The summed E-state index contributed by atoms with van der Waals surface area (Å²) in [5, 5.41) is 14.7. The molecule has 7 nitrogen and oxygen atoms in total. The highest BCUT2D eigenvalue weighted by Crippen LogP contribution is 2.31. The van der Waals surface area contributed by atoms with E-state index in [1.54, 1.807) is 18.5 Å². The maximum absolute atomic E-state index is 12.1. The van der Waals surface area contributed by atoms with Crippen LogP contribution in [0.3, 0.4) is 0 Å². The van der Waals surface area contributed by atoms with Crippen molar-refractivity contribution >= 4 is 23.0 Å². The number of benzene rings is 2. The number of fused-ring (bicyclic) bond motifs is 1. The first-order valence-electron chi connectivity index (χ1n) is 11.3. The molecule has 0 amide bonds. The molecule has 0 spiro atoms. The number of aldehydes is 1. The van der Waals surface area contributed by atoms with Gasteiger partial charge in [0.25, 0.3) is 0 Å². The number of carbonyl (C=O) groups excluding carboxylic acids is 1. The maximum atomic E-state index is 12.1. The Morgan fingerprint density at radius 2 is 1.94 bits per heavy atom. The van der Waals surface area contributed by atoms with Crippen molar-refractivity contribution in [1.82, 2.24) is 19.5 Å². The highest BCUT2D eigenvalue weighted by molar-refractivity contribution is 6.04. The van der Waals surface area contributed by atoms with E-state index < -0.39 is 0 Å². The molecule has 0 unspecified atom stereocenters. The SMILES string of the molecule is N#CCc1cnc(-c2ccc3ccccc3c2C=O)n1-c1ccnc(NC2CCCCC2)n1. The van der Waals surface area contributed by atoms with Crippen LogP contribution in [0.25, 0.3) is 28.0 Å². The van der Waals surface area contributed by atoms with Crippen LogP contribution in [0.4, 0.5) is 5.95 Å². The molecule has 1 fully saturated rings. The normalized spacial score (nSPS) is 14.2. The van der Waals surface area contributed by atoms with Crippen molar-refractivity contribution in [2.24, 2.45) is 0 Å². The topological polar surface area (TPSA) is 96.5 Å². The van der Waals surface area contributed by atoms with E-state index in [2.05, 4.69) is 21.4 Å². The highest BCUT2D eigenvalue weighted by Gasteiger charge is 2.20. The number of rotatable bonds is 6. The van der Waals surface area contributed by atoms with Crippen LogP contribution in [0.1, 0.15) is 48.2 Å². The second-order valence-electron chi connectivity index (χ2n) is 8.33. The third-order valence-electron chi connectivity index (χ3n) is 6.23. The molecular weight excluding hydrogens is 412 g/mol. The number of imidazole rings is 1. The summed E-state index contributed by atoms with van der Waals surface area (Å²) >= 11 is 0. The Morgan fingerprint density at radius 1 is 1.09 bits per heavy atom. The molecule has 1 N–H and O–H groups in total. The molecule has 5 rings (SSSR count). The summed E-state index contributed by atoms with van der Waals surface area (Å²) in [6, 6.07) is 16.1. The molecule has 2 aromatic heterocycles. The largest absolute Gasteiger partial charge is 0.351 e. The molecule has 4 aromatic rings. The minimum Gasteiger partial charge on any atom is -0.351 e. The minimum atomic E-state index is 0.173. The first kappa shape index (κ1) is 20.8. The molecular formula is C26H24N6O. The number of aromatic nitrogens is 4. The Balaban J connectivity index is 1.62. The lowest BCUT2D eigenvalue weighted by molar-refractivity contribution is 0.112. The van der Waals surface area contributed by atoms with Gasteiger partial charge in [-0.25, -0.2) is 9.97 Å². The molecule has 0 aliphatic heterocycles. The average molecular weight is 437 g/mol. The van der Waals surface area contributed by atoms with E-state index in [1.165, 1.54) is 19.3 Å². The summed E-state index contributed by atoms with van der Waals surface area (Å²) in [6.45, 7) is 0. The van der Waals surface area contributed by atoms with Crippen LogP contribution in [0.15, 0.2) is 54.9 Å². The van der Waals surface area contributed by atoms with Gasteiger partial charge in [-0.2, -0.15) is 10.2 Å². The molecule has 0 saturated heterocycles. The standard InChI is InChI=1S/C26H24N6O/c27-14-12-20-16-29-25(22-11-10-18-6-4-5-9-21(18)23(22)17-33)32(20)24-13-15-28-26(31-24)30-19-7-2-1-3-8-19/h4-6,9-11,13,15-17,19H,1-3,7-8,12H2,(H,28,30,31). The van der Waals surface area contributed by atoms with Crippen LogP contribution in [-0.2, 0) is 6.42 Å². The fourth-order valence-electron chi connectivity index (χ4n) is 4.63. The molecule has 1 aliphatic rings. The average Bonchev–Trinajstić information content (AvgIpc) is 3.27. The van der Waals surface area contributed by atoms with Crippen molar-refractivity contribution in [3.8, 4) is 23.3 Å². The first-order valence-corrected chi connectivity index (χ1v) is 11.3. The first-order chi connectivity index (χ1) is 16.3. The molecule has 33 heavy (non-hydrogen) atoms. The predicted octanol–water partition coefficient (Wildman–Crippen LogP) is 5.11. The Bertz CT molecular complexity index is 1350. The molecule has 1 saturated carbocycles. The fourth-order valence-corrected chi connectivity index (χ4v) is 4.63. The third kappa shape index (κ3) is 4.08. The van der Waals surface area contributed by atoms with Crippen molar-refractivity contribution in [3.05, 3.63) is 66.1 Å². The quantitative estimate of drug-likeness (QED) is 0.422. The van der Waals surface area contributed by atoms with Gasteiger partial charge in [-0.15, -0.1) is 0 Å². The molecule has 0 bridgehead atoms. The Labute approximate surface area is 192 Å². The van der Waals surface area contributed by atoms with Gasteiger partial charge >= 0.3 is 0 Å². The third-order valence-corrected chi connectivity index (χ3v) is 6.23. The molecule has 1 aliphatic carbocycles. The Morgan fingerprint density at radius 3 is 2.76 bits per heavy atom. The van der Waals surface area contributed by atoms with Crippen LogP contribution in [-0.4, -0.2) is 31.8 Å². The zero-order chi connectivity index (χ0) is 22.6. The van der Waals surface area contributed by atoms with E-state index in [1.807, 2.05) is 41.0 Å². The summed E-state index contributed by atoms with van der Waals surface area (Å²) in [5.41, 5.74) is 1.98. The highest BCUT2D eigenvalue weighted by atomic mass is 16.1. The number of anilines is 1. The van der Waals surface area contributed by atoms with Gasteiger partial charge in [0, 0.05) is 23.4 Å². The van der Waals surface area contributed by atoms with E-state index in [0.717, 1.165) is 29.9 Å². The van der Waals surface area contributed by atoms with Crippen molar-refractivity contribution in [1.29, 1.82) is 5.26 Å². The van der Waals surface area contributed by atoms with Gasteiger partial charge in [0.05, 0.1) is 24.4 Å². The summed E-state index contributed by atoms with van der Waals surface area (Å²) in [7, 11) is 0. The van der Waals surface area contributed by atoms with Crippen LogP contribution in [0.2, 0.25) is 0 Å². The molecule has 2 heterocycles. The van der Waals surface area contributed by atoms with Crippen LogP contribution in [0, 0.1) is 11.3 Å². The summed E-state index contributed by atoms with van der Waals surface area (Å²) < 4.78 is 1.86. The number of nitriles is 1. The van der Waals surface area contributed by atoms with Gasteiger partial charge in [0.15, 0.2) is 6.29 Å². The maximum Gasteiger partial charge on any atom is 0.224 e. The smallest absolute Gasteiger partial charge is 0.224 e. The van der Waals surface area contributed by atoms with E-state index in [9.17, 15) is 10.1 Å². The van der Waals surface area contributed by atoms with Crippen molar-refractivity contribution in [2.75, 3.05) is 5.32 Å². The number of carbonyl (C=O) groups is 1. The van der Waals surface area contributed by atoms with Crippen molar-refractivity contribution < 1.29 is 4.79 Å². The van der Waals surface area contributed by atoms with Gasteiger partial charge in [0.1, 0.15) is 11.6 Å². The summed E-state index contributed by atoms with van der Waals surface area (Å²) in [4.78, 5) is 25.9. The number of hydrogen-bond acceptors (Lipinski definition) is 6. The summed E-state index contributed by atoms with van der Waals surface area (Å²) in [5.74, 6) is 1.76. The van der Waals surface area contributed by atoms with Gasteiger partial charge in [-0.3, -0.25) is 9.36 Å². The number of nitrogens with zero attached hydrogens (tertiary/aromatic N) is 5. The minimum absolute atomic E-state index is 0.173. The second kappa shape index (κ2) is 9.21.